The number of hydrogen-bond acceptors (Lipinski definition) is 7. The zero-order valence-corrected chi connectivity index (χ0v) is 17.7. The van der Waals surface area contributed by atoms with Gasteiger partial charge < -0.3 is 5.32 Å². The third-order valence-corrected chi connectivity index (χ3v) is 7.32. The van der Waals surface area contributed by atoms with Gasteiger partial charge in [-0.3, -0.25) is 4.90 Å². The summed E-state index contributed by atoms with van der Waals surface area (Å²) in [7, 11) is -2.96. The lowest BCUT2D eigenvalue weighted by Crippen LogP contribution is -2.40. The molecule has 1 saturated heterocycles. The first-order valence-corrected chi connectivity index (χ1v) is 11.8. The van der Waals surface area contributed by atoms with Gasteiger partial charge in [-0.05, 0) is 48.8 Å². The molecule has 0 unspecified atom stereocenters. The van der Waals surface area contributed by atoms with Crippen molar-refractivity contribution in [3.05, 3.63) is 34.0 Å². The largest absolute Gasteiger partial charge is 0.330 e. The van der Waals surface area contributed by atoms with Crippen LogP contribution in [-0.4, -0.2) is 47.2 Å². The van der Waals surface area contributed by atoms with Crippen LogP contribution >= 0.6 is 23.6 Å². The van der Waals surface area contributed by atoms with Gasteiger partial charge in [-0.15, -0.1) is 5.10 Å². The Kier molecular flexibility index (Phi) is 6.29. The molecule has 27 heavy (non-hydrogen) atoms. The minimum atomic E-state index is -2.96. The Balaban J connectivity index is 1.75. The van der Waals surface area contributed by atoms with Crippen molar-refractivity contribution in [2.24, 2.45) is 5.92 Å². The molecular weight excluding hydrogens is 407 g/mol. The molecule has 2 heterocycles. The van der Waals surface area contributed by atoms with Gasteiger partial charge in [0.1, 0.15) is 5.82 Å². The minimum absolute atomic E-state index is 0.00509. The van der Waals surface area contributed by atoms with Gasteiger partial charge in [0, 0.05) is 18.3 Å². The van der Waals surface area contributed by atoms with Crippen LogP contribution in [0.1, 0.15) is 20.3 Å². The average molecular weight is 431 g/mol. The lowest BCUT2D eigenvalue weighted by atomic mass is 10.1. The molecule has 1 atom stereocenters. The van der Waals surface area contributed by atoms with Crippen molar-refractivity contribution in [2.45, 2.75) is 33.0 Å². The zero-order valence-electron chi connectivity index (χ0n) is 15.3. The maximum Gasteiger partial charge on any atom is 0.209 e. The number of halogens is 1. The first-order chi connectivity index (χ1) is 12.7. The van der Waals surface area contributed by atoms with Crippen LogP contribution in [-0.2, 0) is 16.5 Å². The van der Waals surface area contributed by atoms with E-state index in [-0.39, 0.29) is 23.4 Å². The molecule has 0 aliphatic carbocycles. The number of hydrogen-bond donors (Lipinski definition) is 1. The van der Waals surface area contributed by atoms with Crippen molar-refractivity contribution in [1.29, 1.82) is 0 Å². The molecule has 0 amide bonds. The molecule has 0 bridgehead atoms. The van der Waals surface area contributed by atoms with Crippen molar-refractivity contribution in [3.63, 3.8) is 0 Å². The van der Waals surface area contributed by atoms with Crippen molar-refractivity contribution >= 4 is 44.2 Å². The summed E-state index contributed by atoms with van der Waals surface area (Å²) < 4.78 is 39.1. The minimum Gasteiger partial charge on any atom is -0.330 e. The van der Waals surface area contributed by atoms with Crippen LogP contribution in [0.25, 0.3) is 0 Å². The highest BCUT2D eigenvalue weighted by Gasteiger charge is 2.32. The first kappa shape index (κ1) is 20.4. The maximum atomic E-state index is 13.0. The van der Waals surface area contributed by atoms with Gasteiger partial charge in [-0.2, -0.15) is 0 Å². The van der Waals surface area contributed by atoms with E-state index in [4.69, 9.17) is 12.2 Å². The molecule has 148 valence electrons. The Morgan fingerprint density at radius 1 is 1.41 bits per heavy atom. The quantitative estimate of drug-likeness (QED) is 0.676. The molecule has 1 aliphatic heterocycles. The summed E-state index contributed by atoms with van der Waals surface area (Å²) in [6.07, 6.45) is 0.646. The van der Waals surface area contributed by atoms with Gasteiger partial charge in [-0.25, -0.2) is 17.5 Å². The van der Waals surface area contributed by atoms with E-state index in [0.29, 0.717) is 28.1 Å². The molecule has 0 radical (unpaired) electrons. The molecule has 10 heteroatoms. The number of nitrogens with zero attached hydrogens (tertiary/aromatic N) is 3. The predicted octanol–water partition coefficient (Wildman–Crippen LogP) is 3.66. The summed E-state index contributed by atoms with van der Waals surface area (Å²) in [5.74, 6) is 0.539. The van der Waals surface area contributed by atoms with Crippen molar-refractivity contribution in [3.8, 4) is 0 Å². The van der Waals surface area contributed by atoms with Gasteiger partial charge in [0.2, 0.25) is 5.13 Å². The summed E-state index contributed by atoms with van der Waals surface area (Å²) in [6.45, 7) is 5.45. The number of anilines is 2. The van der Waals surface area contributed by atoms with Crippen molar-refractivity contribution < 1.29 is 12.8 Å². The Hall–Kier alpha value is -1.36. The van der Waals surface area contributed by atoms with Crippen molar-refractivity contribution in [1.82, 2.24) is 14.7 Å². The molecule has 1 fully saturated rings. The molecule has 1 aromatic heterocycles. The fourth-order valence-electron chi connectivity index (χ4n) is 3.13. The molecule has 0 saturated carbocycles. The SMILES string of the molecule is CC(C)CN(Cn1nc(Nc2ccc(F)cc2)sc1=S)[C@H]1CCS(=O)(=O)C1. The van der Waals surface area contributed by atoms with Crippen LogP contribution in [0, 0.1) is 15.7 Å². The van der Waals surface area contributed by atoms with E-state index >= 15 is 0 Å². The van der Waals surface area contributed by atoms with Crippen LogP contribution in [0.4, 0.5) is 15.2 Å². The molecule has 1 aromatic carbocycles. The number of benzene rings is 1. The summed E-state index contributed by atoms with van der Waals surface area (Å²) in [5.41, 5.74) is 0.730. The number of aromatic nitrogens is 2. The van der Waals surface area contributed by atoms with Gasteiger partial charge in [-0.1, -0.05) is 25.2 Å². The van der Waals surface area contributed by atoms with Crippen molar-refractivity contribution in [2.75, 3.05) is 23.4 Å². The summed E-state index contributed by atoms with van der Waals surface area (Å²) in [4.78, 5) is 2.16. The fourth-order valence-corrected chi connectivity index (χ4v) is 5.90. The number of nitrogens with one attached hydrogen (secondary N) is 1. The Morgan fingerprint density at radius 3 is 2.70 bits per heavy atom. The third kappa shape index (κ3) is 5.56. The van der Waals surface area contributed by atoms with E-state index in [9.17, 15) is 12.8 Å². The van der Waals surface area contributed by atoms with E-state index in [1.54, 1.807) is 16.8 Å². The molecule has 1 aliphatic rings. The molecule has 0 spiro atoms. The maximum absolute atomic E-state index is 13.0. The molecular formula is C17H23FN4O2S3. The van der Waals surface area contributed by atoms with Gasteiger partial charge in [0.15, 0.2) is 13.8 Å². The predicted molar refractivity (Wildman–Crippen MR) is 109 cm³/mol. The van der Waals surface area contributed by atoms with E-state index in [1.165, 1.54) is 23.5 Å². The van der Waals surface area contributed by atoms with E-state index in [1.807, 2.05) is 0 Å². The Morgan fingerprint density at radius 2 is 2.11 bits per heavy atom. The summed E-state index contributed by atoms with van der Waals surface area (Å²) >= 11 is 6.77. The molecule has 1 N–H and O–H groups in total. The smallest absolute Gasteiger partial charge is 0.209 e. The zero-order chi connectivity index (χ0) is 19.6. The van der Waals surface area contributed by atoms with E-state index < -0.39 is 9.84 Å². The van der Waals surface area contributed by atoms with Crippen LogP contribution in [0.5, 0.6) is 0 Å². The fraction of sp³-hybridized carbons (Fsp3) is 0.529. The number of rotatable bonds is 7. The van der Waals surface area contributed by atoms with Gasteiger partial charge in [0.25, 0.3) is 0 Å². The van der Waals surface area contributed by atoms with Crippen LogP contribution in [0.2, 0.25) is 0 Å². The van der Waals surface area contributed by atoms with Gasteiger partial charge in [0.05, 0.1) is 18.2 Å². The highest BCUT2D eigenvalue weighted by atomic mass is 32.2. The monoisotopic (exact) mass is 430 g/mol. The Labute approximate surface area is 167 Å². The summed E-state index contributed by atoms with van der Waals surface area (Å²) in [6, 6.07) is 6.03. The molecule has 3 rings (SSSR count). The normalized spacial score (nSPS) is 19.1. The lowest BCUT2D eigenvalue weighted by Gasteiger charge is -2.29. The number of sulfone groups is 1. The third-order valence-electron chi connectivity index (χ3n) is 4.34. The molecule has 6 nitrogen and oxygen atoms in total. The second-order valence-corrected chi connectivity index (χ2v) is 11.0. The second-order valence-electron chi connectivity index (χ2n) is 7.17. The lowest BCUT2D eigenvalue weighted by molar-refractivity contribution is 0.138. The summed E-state index contributed by atoms with van der Waals surface area (Å²) in [5, 5.41) is 8.27. The molecule has 2 aromatic rings. The first-order valence-electron chi connectivity index (χ1n) is 8.77. The standard InChI is InChI=1S/C17H23FN4O2S3/c1-12(2)9-21(15-7-8-27(23,24)10-15)11-22-17(25)26-16(20-22)19-14-5-3-13(18)4-6-14/h3-6,12,15H,7-11H2,1-2H3,(H,19,20)/t15-/m0/s1. The highest BCUT2D eigenvalue weighted by Crippen LogP contribution is 2.23. The van der Waals surface area contributed by atoms with E-state index in [0.717, 1.165) is 12.2 Å². The highest BCUT2D eigenvalue weighted by molar-refractivity contribution is 7.91. The van der Waals surface area contributed by atoms with Crippen LogP contribution in [0.15, 0.2) is 24.3 Å². The van der Waals surface area contributed by atoms with Crippen LogP contribution < -0.4 is 5.32 Å². The van der Waals surface area contributed by atoms with Gasteiger partial charge >= 0.3 is 0 Å². The second kappa shape index (κ2) is 8.34. The Bertz CT molecular complexity index is 938. The van der Waals surface area contributed by atoms with Crippen LogP contribution in [0.3, 0.4) is 0 Å². The average Bonchev–Trinajstić information content (AvgIpc) is 3.11. The topological polar surface area (TPSA) is 67.2 Å². The van der Waals surface area contributed by atoms with E-state index in [2.05, 4.69) is 29.2 Å².